The molecule has 0 unspecified atom stereocenters. The maximum absolute atomic E-state index is 5.06. The van der Waals surface area contributed by atoms with E-state index in [2.05, 4.69) is 188 Å². The summed E-state index contributed by atoms with van der Waals surface area (Å²) < 4.78 is 0. The third-order valence-corrected chi connectivity index (χ3v) is 12.8. The topological polar surface area (TPSA) is 38.7 Å². The Hall–Kier alpha value is -7.23. The summed E-state index contributed by atoms with van der Waals surface area (Å²) in [6.45, 7) is 0. The van der Waals surface area contributed by atoms with Crippen molar-refractivity contribution in [2.75, 3.05) is 0 Å². The number of nitrogens with zero attached hydrogens (tertiary/aromatic N) is 3. The van der Waals surface area contributed by atoms with Gasteiger partial charge in [0.25, 0.3) is 0 Å². The molecule has 1 fully saturated rings. The molecule has 3 nitrogen and oxygen atoms in total. The van der Waals surface area contributed by atoms with Crippen LogP contribution in [0.3, 0.4) is 0 Å². The van der Waals surface area contributed by atoms with Crippen molar-refractivity contribution in [3.05, 3.63) is 211 Å². The summed E-state index contributed by atoms with van der Waals surface area (Å²) in [6, 6.07) is 71.8. The van der Waals surface area contributed by atoms with Crippen LogP contribution < -0.4 is 0 Å². The van der Waals surface area contributed by atoms with Crippen LogP contribution in [0.1, 0.15) is 43.2 Å². The van der Waals surface area contributed by atoms with Gasteiger partial charge in [0.1, 0.15) is 0 Å². The number of aromatic nitrogens is 3. The molecule has 0 radical (unpaired) electrons. The first-order valence-electron chi connectivity index (χ1n) is 21.2. The summed E-state index contributed by atoms with van der Waals surface area (Å²) in [7, 11) is 0. The van der Waals surface area contributed by atoms with Gasteiger partial charge in [-0.1, -0.05) is 213 Å². The monoisotopic (exact) mass is 769 g/mol. The number of fused-ring (bicyclic) bond motifs is 5. The maximum Gasteiger partial charge on any atom is 0.164 e. The maximum atomic E-state index is 5.06. The first-order chi connectivity index (χ1) is 29.7. The Morgan fingerprint density at radius 2 is 0.600 bits per heavy atom. The number of rotatable bonds is 7. The zero-order valence-electron chi connectivity index (χ0n) is 33.4. The molecule has 0 bridgehead atoms. The lowest BCUT2D eigenvalue weighted by molar-refractivity contribution is 0.353. The second kappa shape index (κ2) is 15.2. The van der Waals surface area contributed by atoms with Crippen molar-refractivity contribution in [2.24, 2.45) is 0 Å². The van der Waals surface area contributed by atoms with Gasteiger partial charge in [-0.2, -0.15) is 0 Å². The Bertz CT molecular complexity index is 2850. The normalized spacial score (nSPS) is 13.8. The van der Waals surface area contributed by atoms with Crippen LogP contribution >= 0.6 is 0 Å². The first-order valence-corrected chi connectivity index (χ1v) is 21.2. The molecule has 3 heteroatoms. The first kappa shape index (κ1) is 35.9. The Morgan fingerprint density at radius 3 is 1.05 bits per heavy atom. The van der Waals surface area contributed by atoms with Crippen molar-refractivity contribution < 1.29 is 0 Å². The molecule has 286 valence electrons. The van der Waals surface area contributed by atoms with Crippen LogP contribution in [0.4, 0.5) is 0 Å². The van der Waals surface area contributed by atoms with Crippen LogP contribution in [0.25, 0.3) is 89.8 Å². The summed E-state index contributed by atoms with van der Waals surface area (Å²) in [5, 5.41) is 0. The van der Waals surface area contributed by atoms with Gasteiger partial charge in [0.2, 0.25) is 0 Å². The zero-order valence-corrected chi connectivity index (χ0v) is 33.4. The lowest BCUT2D eigenvalue weighted by Gasteiger charge is -2.36. The van der Waals surface area contributed by atoms with Gasteiger partial charge in [-0.05, 0) is 85.7 Å². The minimum atomic E-state index is 0.155. The summed E-state index contributed by atoms with van der Waals surface area (Å²) in [4.78, 5) is 15.2. The number of hydrogen-bond acceptors (Lipinski definition) is 3. The highest BCUT2D eigenvalue weighted by Gasteiger charge is 2.43. The van der Waals surface area contributed by atoms with E-state index in [0.717, 1.165) is 33.4 Å². The van der Waals surface area contributed by atoms with E-state index in [9.17, 15) is 0 Å². The van der Waals surface area contributed by atoms with E-state index in [4.69, 9.17) is 15.0 Å². The molecule has 1 saturated carbocycles. The fourth-order valence-corrected chi connectivity index (χ4v) is 9.64. The predicted octanol–water partition coefficient (Wildman–Crippen LogP) is 14.8. The molecule has 0 N–H and O–H groups in total. The molecule has 9 aromatic rings. The largest absolute Gasteiger partial charge is 0.208 e. The van der Waals surface area contributed by atoms with Gasteiger partial charge in [-0.3, -0.25) is 0 Å². The van der Waals surface area contributed by atoms with Crippen LogP contribution in [0.15, 0.2) is 200 Å². The lowest BCUT2D eigenvalue weighted by atomic mass is 9.67. The predicted molar refractivity (Wildman–Crippen MR) is 247 cm³/mol. The zero-order chi connectivity index (χ0) is 39.9. The smallest absolute Gasteiger partial charge is 0.164 e. The lowest BCUT2D eigenvalue weighted by Crippen LogP contribution is -2.28. The molecule has 0 saturated heterocycles. The highest BCUT2D eigenvalue weighted by Crippen LogP contribution is 2.56. The van der Waals surface area contributed by atoms with Gasteiger partial charge in [0.05, 0.1) is 0 Å². The van der Waals surface area contributed by atoms with Gasteiger partial charge in [0, 0.05) is 22.1 Å². The van der Waals surface area contributed by atoms with Crippen molar-refractivity contribution in [3.8, 4) is 89.8 Å². The Balaban J connectivity index is 0.898. The standard InChI is InChI=1S/C57H43N3/c1-4-12-39(13-5-1)41-22-28-46(29-23-41)54-58-55(47-30-24-42(25-31-47)40-14-6-2-7-15-40)60-56(59-54)48-32-26-44(27-33-48)43-18-20-45(21-19-43)49-34-35-51-50-16-8-9-17-52(50)57(53(51)38-49)36-10-3-11-37-57/h1-2,4-9,12-35,38H,3,10-11,36-37H2. The molecule has 1 aromatic heterocycles. The third-order valence-electron chi connectivity index (χ3n) is 12.8. The molecule has 8 aromatic carbocycles. The molecule has 0 atom stereocenters. The molecule has 0 amide bonds. The molecule has 1 heterocycles. The molecule has 60 heavy (non-hydrogen) atoms. The van der Waals surface area contributed by atoms with E-state index < -0.39 is 0 Å². The minimum Gasteiger partial charge on any atom is -0.208 e. The van der Waals surface area contributed by atoms with Crippen molar-refractivity contribution in [3.63, 3.8) is 0 Å². The van der Waals surface area contributed by atoms with Crippen molar-refractivity contribution in [1.82, 2.24) is 15.0 Å². The van der Waals surface area contributed by atoms with Crippen molar-refractivity contribution in [1.29, 1.82) is 0 Å². The fraction of sp³-hybridized carbons (Fsp3) is 0.105. The Morgan fingerprint density at radius 1 is 0.267 bits per heavy atom. The number of hydrogen-bond donors (Lipinski definition) is 0. The van der Waals surface area contributed by atoms with Crippen LogP contribution in [0.2, 0.25) is 0 Å². The van der Waals surface area contributed by atoms with E-state index in [-0.39, 0.29) is 5.41 Å². The SMILES string of the molecule is c1ccc(-c2ccc(-c3nc(-c4ccc(-c5ccccc5)cc4)nc(-c4ccc(-c5ccc(-c6ccc7c(c6)C6(CCCCC6)c6ccccc6-7)cc5)cc4)n3)cc2)cc1. The van der Waals surface area contributed by atoms with Crippen molar-refractivity contribution >= 4 is 0 Å². The molecular weight excluding hydrogens is 727 g/mol. The second-order valence-electron chi connectivity index (χ2n) is 16.3. The molecule has 2 aliphatic carbocycles. The quantitative estimate of drug-likeness (QED) is 0.162. The summed E-state index contributed by atoms with van der Waals surface area (Å²) in [5.41, 5.74) is 18.4. The van der Waals surface area contributed by atoms with Gasteiger partial charge in [-0.15, -0.1) is 0 Å². The number of benzene rings is 8. The van der Waals surface area contributed by atoms with E-state index in [1.807, 2.05) is 12.1 Å². The third kappa shape index (κ3) is 6.53. The summed E-state index contributed by atoms with van der Waals surface area (Å²) >= 11 is 0. The van der Waals surface area contributed by atoms with Gasteiger partial charge >= 0.3 is 0 Å². The van der Waals surface area contributed by atoms with Crippen molar-refractivity contribution in [2.45, 2.75) is 37.5 Å². The average Bonchev–Trinajstić information content (AvgIpc) is 3.60. The minimum absolute atomic E-state index is 0.155. The van der Waals surface area contributed by atoms with Crippen LogP contribution in [-0.4, -0.2) is 15.0 Å². The van der Waals surface area contributed by atoms with E-state index in [1.165, 1.54) is 82.2 Å². The molecule has 2 aliphatic rings. The van der Waals surface area contributed by atoms with E-state index in [0.29, 0.717) is 17.5 Å². The highest BCUT2D eigenvalue weighted by molar-refractivity contribution is 5.84. The van der Waals surface area contributed by atoms with Gasteiger partial charge < -0.3 is 0 Å². The molecule has 0 aliphatic heterocycles. The Labute approximate surface area is 352 Å². The summed E-state index contributed by atoms with van der Waals surface area (Å²) in [6.07, 6.45) is 6.42. The van der Waals surface area contributed by atoms with E-state index in [1.54, 1.807) is 0 Å². The molecule has 11 rings (SSSR count). The van der Waals surface area contributed by atoms with Gasteiger partial charge in [-0.25, -0.2) is 15.0 Å². The van der Waals surface area contributed by atoms with E-state index >= 15 is 0 Å². The average molecular weight is 770 g/mol. The van der Waals surface area contributed by atoms with Crippen LogP contribution in [0, 0.1) is 0 Å². The fourth-order valence-electron chi connectivity index (χ4n) is 9.64. The van der Waals surface area contributed by atoms with Crippen LogP contribution in [0.5, 0.6) is 0 Å². The summed E-state index contributed by atoms with van der Waals surface area (Å²) in [5.74, 6) is 1.93. The van der Waals surface area contributed by atoms with Crippen LogP contribution in [-0.2, 0) is 5.41 Å². The second-order valence-corrected chi connectivity index (χ2v) is 16.3. The Kier molecular flexibility index (Phi) is 9.08. The molecule has 1 spiro atoms. The van der Waals surface area contributed by atoms with Gasteiger partial charge in [0.15, 0.2) is 17.5 Å². The highest BCUT2D eigenvalue weighted by atomic mass is 15.0. The molecular formula is C57H43N3.